The lowest BCUT2D eigenvalue weighted by atomic mass is 10.1. The number of ketones is 1. The Morgan fingerprint density at radius 1 is 1.15 bits per heavy atom. The van der Waals surface area contributed by atoms with Gasteiger partial charge in [-0.05, 0) is 37.6 Å². The molecule has 3 heteroatoms. The van der Waals surface area contributed by atoms with Crippen molar-refractivity contribution in [1.82, 2.24) is 0 Å². The van der Waals surface area contributed by atoms with Crippen LogP contribution in [-0.4, -0.2) is 5.78 Å². The fourth-order valence-corrected chi connectivity index (χ4v) is 1.87. The Kier molecular flexibility index (Phi) is 4.31. The number of carbonyl (C=O) groups excluding carboxylic acids is 1. The summed E-state index contributed by atoms with van der Waals surface area (Å²) in [4.78, 5) is 12.0. The van der Waals surface area contributed by atoms with Crippen molar-refractivity contribution in [2.45, 2.75) is 13.8 Å². The zero-order chi connectivity index (χ0) is 14.5. The average molecular weight is 269 g/mol. The van der Waals surface area contributed by atoms with Crippen LogP contribution >= 0.6 is 0 Å². The molecule has 2 nitrogen and oxygen atoms in total. The number of hydrogen-bond donors (Lipinski definition) is 1. The Morgan fingerprint density at radius 3 is 2.50 bits per heavy atom. The largest absolute Gasteiger partial charge is 0.359 e. The van der Waals surface area contributed by atoms with E-state index in [1.807, 2.05) is 18.2 Å². The highest BCUT2D eigenvalue weighted by Crippen LogP contribution is 2.15. The SMILES string of the molecule is CC(=CC(=O)c1ccccc1)Nc1ccc(F)c(C)c1. The van der Waals surface area contributed by atoms with Gasteiger partial charge in [-0.15, -0.1) is 0 Å². The second kappa shape index (κ2) is 6.15. The first-order chi connectivity index (χ1) is 9.56. The molecule has 0 aliphatic heterocycles. The van der Waals surface area contributed by atoms with Gasteiger partial charge in [0.1, 0.15) is 5.82 Å². The molecule has 0 aliphatic rings. The van der Waals surface area contributed by atoms with Crippen LogP contribution in [-0.2, 0) is 0 Å². The number of benzene rings is 2. The maximum Gasteiger partial charge on any atom is 0.187 e. The standard InChI is InChI=1S/C17H16FNO/c1-12-10-15(8-9-16(12)18)19-13(2)11-17(20)14-6-4-3-5-7-14/h3-11,19H,1-2H3. The monoisotopic (exact) mass is 269 g/mol. The van der Waals surface area contributed by atoms with Crippen molar-refractivity contribution in [1.29, 1.82) is 0 Å². The number of nitrogens with one attached hydrogen (secondary N) is 1. The summed E-state index contributed by atoms with van der Waals surface area (Å²) in [6.45, 7) is 3.51. The predicted molar refractivity (Wildman–Crippen MR) is 79.3 cm³/mol. The van der Waals surface area contributed by atoms with Gasteiger partial charge in [-0.3, -0.25) is 4.79 Å². The van der Waals surface area contributed by atoms with Crippen LogP contribution in [0.2, 0.25) is 0 Å². The zero-order valence-corrected chi connectivity index (χ0v) is 11.5. The summed E-state index contributed by atoms with van der Waals surface area (Å²) in [7, 11) is 0. The molecule has 0 aromatic heterocycles. The van der Waals surface area contributed by atoms with Crippen LogP contribution < -0.4 is 5.32 Å². The number of hydrogen-bond acceptors (Lipinski definition) is 2. The van der Waals surface area contributed by atoms with Crippen molar-refractivity contribution in [3.05, 3.63) is 77.2 Å². The molecule has 0 saturated heterocycles. The fourth-order valence-electron chi connectivity index (χ4n) is 1.87. The average Bonchev–Trinajstić information content (AvgIpc) is 2.44. The number of halogens is 1. The van der Waals surface area contributed by atoms with Gasteiger partial charge in [0.15, 0.2) is 5.78 Å². The maximum absolute atomic E-state index is 13.2. The fraction of sp³-hybridized carbons (Fsp3) is 0.118. The maximum atomic E-state index is 13.2. The van der Waals surface area contributed by atoms with Crippen LogP contribution in [0, 0.1) is 12.7 Å². The van der Waals surface area contributed by atoms with Gasteiger partial charge in [-0.2, -0.15) is 0 Å². The molecular weight excluding hydrogens is 253 g/mol. The molecule has 0 heterocycles. The minimum absolute atomic E-state index is 0.0607. The number of carbonyl (C=O) groups is 1. The third-order valence-corrected chi connectivity index (χ3v) is 2.91. The molecule has 0 radical (unpaired) electrons. The molecular formula is C17H16FNO. The lowest BCUT2D eigenvalue weighted by Gasteiger charge is -2.08. The van der Waals surface area contributed by atoms with E-state index in [0.717, 1.165) is 5.69 Å². The van der Waals surface area contributed by atoms with E-state index in [0.29, 0.717) is 16.8 Å². The predicted octanol–water partition coefficient (Wildman–Crippen LogP) is 4.33. The highest BCUT2D eigenvalue weighted by Gasteiger charge is 2.03. The summed E-state index contributed by atoms with van der Waals surface area (Å²) < 4.78 is 13.2. The molecule has 1 N–H and O–H groups in total. The minimum Gasteiger partial charge on any atom is -0.359 e. The highest BCUT2D eigenvalue weighted by atomic mass is 19.1. The third kappa shape index (κ3) is 3.54. The first-order valence-electron chi connectivity index (χ1n) is 6.37. The molecule has 0 unspecified atom stereocenters. The van der Waals surface area contributed by atoms with E-state index in [1.165, 1.54) is 12.1 Å². The number of allylic oxidation sites excluding steroid dienone is 2. The molecule has 2 aromatic carbocycles. The van der Waals surface area contributed by atoms with Crippen LogP contribution in [0.15, 0.2) is 60.3 Å². The number of aryl methyl sites for hydroxylation is 1. The molecule has 0 amide bonds. The van der Waals surface area contributed by atoms with Gasteiger partial charge in [0.25, 0.3) is 0 Å². The number of rotatable bonds is 4. The molecule has 2 aromatic rings. The van der Waals surface area contributed by atoms with Crippen molar-refractivity contribution < 1.29 is 9.18 Å². The summed E-state index contributed by atoms with van der Waals surface area (Å²) in [6, 6.07) is 13.8. The Bertz CT molecular complexity index is 647. The molecule has 102 valence electrons. The zero-order valence-electron chi connectivity index (χ0n) is 11.5. The van der Waals surface area contributed by atoms with Gasteiger partial charge in [-0.25, -0.2) is 4.39 Å². The second-order valence-corrected chi connectivity index (χ2v) is 4.65. The summed E-state index contributed by atoms with van der Waals surface area (Å²) in [5, 5.41) is 3.08. The summed E-state index contributed by atoms with van der Waals surface area (Å²) in [6.07, 6.45) is 1.54. The molecule has 2 rings (SSSR count). The Morgan fingerprint density at radius 2 is 1.85 bits per heavy atom. The minimum atomic E-state index is -0.238. The van der Waals surface area contributed by atoms with Crippen molar-refractivity contribution in [2.24, 2.45) is 0 Å². The Labute approximate surface area is 118 Å². The summed E-state index contributed by atoms with van der Waals surface area (Å²) >= 11 is 0. The topological polar surface area (TPSA) is 29.1 Å². The molecule has 20 heavy (non-hydrogen) atoms. The van der Waals surface area contributed by atoms with E-state index in [-0.39, 0.29) is 11.6 Å². The van der Waals surface area contributed by atoms with Gasteiger partial charge in [0.05, 0.1) is 0 Å². The molecule has 0 fully saturated rings. The van der Waals surface area contributed by atoms with Crippen molar-refractivity contribution in [3.63, 3.8) is 0 Å². The first kappa shape index (κ1) is 14.0. The molecule has 0 spiro atoms. The van der Waals surface area contributed by atoms with E-state index >= 15 is 0 Å². The van der Waals surface area contributed by atoms with Crippen LogP contribution in [0.4, 0.5) is 10.1 Å². The lowest BCUT2D eigenvalue weighted by Crippen LogP contribution is -2.01. The molecule has 0 bridgehead atoms. The lowest BCUT2D eigenvalue weighted by molar-refractivity contribution is 0.104. The van der Waals surface area contributed by atoms with E-state index in [2.05, 4.69) is 5.32 Å². The van der Waals surface area contributed by atoms with E-state index in [1.54, 1.807) is 38.1 Å². The van der Waals surface area contributed by atoms with Crippen LogP contribution in [0.1, 0.15) is 22.8 Å². The summed E-state index contributed by atoms with van der Waals surface area (Å²) in [5.41, 5.74) is 2.68. The molecule has 0 saturated carbocycles. The van der Waals surface area contributed by atoms with Gasteiger partial charge < -0.3 is 5.32 Å². The first-order valence-corrected chi connectivity index (χ1v) is 6.37. The Hall–Kier alpha value is -2.42. The van der Waals surface area contributed by atoms with Crippen molar-refractivity contribution in [2.75, 3.05) is 5.32 Å². The van der Waals surface area contributed by atoms with Gasteiger partial charge in [0, 0.05) is 23.0 Å². The van der Waals surface area contributed by atoms with Crippen molar-refractivity contribution in [3.8, 4) is 0 Å². The summed E-state index contributed by atoms with van der Waals surface area (Å²) in [5.74, 6) is -0.299. The van der Waals surface area contributed by atoms with Crippen LogP contribution in [0.5, 0.6) is 0 Å². The molecule has 0 aliphatic carbocycles. The van der Waals surface area contributed by atoms with Gasteiger partial charge in [0.2, 0.25) is 0 Å². The number of anilines is 1. The normalized spacial score (nSPS) is 11.2. The van der Waals surface area contributed by atoms with E-state index in [4.69, 9.17) is 0 Å². The van der Waals surface area contributed by atoms with Gasteiger partial charge in [-0.1, -0.05) is 30.3 Å². The second-order valence-electron chi connectivity index (χ2n) is 4.65. The highest BCUT2D eigenvalue weighted by molar-refractivity contribution is 6.05. The Balaban J connectivity index is 2.11. The smallest absolute Gasteiger partial charge is 0.187 e. The molecule has 0 atom stereocenters. The van der Waals surface area contributed by atoms with E-state index in [9.17, 15) is 9.18 Å². The third-order valence-electron chi connectivity index (χ3n) is 2.91. The van der Waals surface area contributed by atoms with Crippen molar-refractivity contribution >= 4 is 11.5 Å². The van der Waals surface area contributed by atoms with E-state index < -0.39 is 0 Å². The van der Waals surface area contributed by atoms with Crippen LogP contribution in [0.25, 0.3) is 0 Å². The van der Waals surface area contributed by atoms with Gasteiger partial charge >= 0.3 is 0 Å². The quantitative estimate of drug-likeness (QED) is 0.661. The van der Waals surface area contributed by atoms with Crippen LogP contribution in [0.3, 0.4) is 0 Å².